The van der Waals surface area contributed by atoms with Gasteiger partial charge in [-0.1, -0.05) is 6.07 Å². The SMILES string of the molecule is O=C(N/N=C\c1ccc(N2CCOCC2)c(F)c1)c1ccc(I)c(O)c1. The molecule has 0 radical (unpaired) electrons. The molecule has 0 unspecified atom stereocenters. The number of benzene rings is 2. The van der Waals surface area contributed by atoms with Crippen LogP contribution in [0.5, 0.6) is 5.75 Å². The third-order valence-electron chi connectivity index (χ3n) is 3.91. The second-order valence-corrected chi connectivity index (χ2v) is 6.84. The van der Waals surface area contributed by atoms with Gasteiger partial charge in [0.05, 0.1) is 28.7 Å². The van der Waals surface area contributed by atoms with Crippen LogP contribution in [0.25, 0.3) is 0 Å². The van der Waals surface area contributed by atoms with Crippen molar-refractivity contribution in [1.82, 2.24) is 5.43 Å². The summed E-state index contributed by atoms with van der Waals surface area (Å²) in [6.07, 6.45) is 1.37. The molecule has 0 atom stereocenters. The van der Waals surface area contributed by atoms with Gasteiger partial charge in [-0.25, -0.2) is 9.82 Å². The van der Waals surface area contributed by atoms with Crippen molar-refractivity contribution in [3.63, 3.8) is 0 Å². The number of amides is 1. The highest BCUT2D eigenvalue weighted by molar-refractivity contribution is 14.1. The van der Waals surface area contributed by atoms with Crippen LogP contribution < -0.4 is 10.3 Å². The maximum atomic E-state index is 14.3. The molecule has 6 nitrogen and oxygen atoms in total. The minimum atomic E-state index is -0.460. The summed E-state index contributed by atoms with van der Waals surface area (Å²) in [5, 5.41) is 13.5. The van der Waals surface area contributed by atoms with E-state index in [2.05, 4.69) is 10.5 Å². The number of carbonyl (C=O) groups is 1. The molecule has 3 rings (SSSR count). The molecule has 0 spiro atoms. The van der Waals surface area contributed by atoms with Gasteiger partial charge in [0.15, 0.2) is 0 Å². The molecule has 0 bridgehead atoms. The maximum Gasteiger partial charge on any atom is 0.271 e. The van der Waals surface area contributed by atoms with Crippen LogP contribution in [0.1, 0.15) is 15.9 Å². The molecule has 1 saturated heterocycles. The first-order valence-electron chi connectivity index (χ1n) is 7.99. The molecule has 1 amide bonds. The highest BCUT2D eigenvalue weighted by Gasteiger charge is 2.15. The molecule has 2 N–H and O–H groups in total. The summed E-state index contributed by atoms with van der Waals surface area (Å²) in [7, 11) is 0. The van der Waals surface area contributed by atoms with Gasteiger partial charge in [-0.3, -0.25) is 4.79 Å². The van der Waals surface area contributed by atoms with E-state index in [9.17, 15) is 14.3 Å². The number of hydrogen-bond donors (Lipinski definition) is 2. The second-order valence-electron chi connectivity index (χ2n) is 5.68. The van der Waals surface area contributed by atoms with Crippen molar-refractivity contribution in [2.24, 2.45) is 5.10 Å². The summed E-state index contributed by atoms with van der Waals surface area (Å²) in [4.78, 5) is 13.9. The number of rotatable bonds is 4. The number of hydrazone groups is 1. The van der Waals surface area contributed by atoms with Gasteiger partial charge in [0, 0.05) is 18.7 Å². The first-order chi connectivity index (χ1) is 12.5. The summed E-state index contributed by atoms with van der Waals surface area (Å²) >= 11 is 1.97. The fourth-order valence-corrected chi connectivity index (χ4v) is 2.88. The number of morpholine rings is 1. The van der Waals surface area contributed by atoms with Crippen LogP contribution in [0.4, 0.5) is 10.1 Å². The smallest absolute Gasteiger partial charge is 0.271 e. The molecule has 1 heterocycles. The number of nitrogens with zero attached hydrogens (tertiary/aromatic N) is 2. The van der Waals surface area contributed by atoms with Gasteiger partial charge in [-0.2, -0.15) is 5.10 Å². The van der Waals surface area contributed by atoms with E-state index in [1.807, 2.05) is 27.5 Å². The Labute approximate surface area is 163 Å². The molecular weight excluding hydrogens is 452 g/mol. The summed E-state index contributed by atoms with van der Waals surface area (Å²) in [6, 6.07) is 9.39. The fourth-order valence-electron chi connectivity index (χ4n) is 2.55. The summed E-state index contributed by atoms with van der Waals surface area (Å²) in [5.74, 6) is -0.772. The van der Waals surface area contributed by atoms with E-state index in [4.69, 9.17) is 4.74 Å². The number of nitrogens with one attached hydrogen (secondary N) is 1. The predicted octanol–water partition coefficient (Wildman–Crippen LogP) is 2.74. The minimum absolute atomic E-state index is 0.0306. The first kappa shape index (κ1) is 18.6. The number of ether oxygens (including phenoxy) is 1. The third kappa shape index (κ3) is 4.50. The number of hydrogen-bond acceptors (Lipinski definition) is 5. The van der Waals surface area contributed by atoms with Crippen molar-refractivity contribution in [2.45, 2.75) is 0 Å². The van der Waals surface area contributed by atoms with Crippen molar-refractivity contribution in [2.75, 3.05) is 31.2 Å². The lowest BCUT2D eigenvalue weighted by Gasteiger charge is -2.29. The van der Waals surface area contributed by atoms with Gasteiger partial charge in [0.2, 0.25) is 0 Å². The monoisotopic (exact) mass is 469 g/mol. The van der Waals surface area contributed by atoms with Crippen LogP contribution in [-0.2, 0) is 4.74 Å². The number of phenols is 1. The Bertz CT molecular complexity index is 838. The summed E-state index contributed by atoms with van der Waals surface area (Å²) in [5.41, 5.74) is 3.71. The van der Waals surface area contributed by atoms with Crippen LogP contribution >= 0.6 is 22.6 Å². The first-order valence-corrected chi connectivity index (χ1v) is 9.06. The Kier molecular flexibility index (Phi) is 6.04. The number of anilines is 1. The molecule has 2 aromatic rings. The second kappa shape index (κ2) is 8.45. The largest absolute Gasteiger partial charge is 0.507 e. The number of halogens is 2. The van der Waals surface area contributed by atoms with Crippen LogP contribution in [-0.4, -0.2) is 43.5 Å². The van der Waals surface area contributed by atoms with Crippen molar-refractivity contribution >= 4 is 40.4 Å². The molecule has 0 saturated carbocycles. The van der Waals surface area contributed by atoms with Crippen molar-refractivity contribution in [3.05, 3.63) is 56.9 Å². The molecule has 1 aliphatic rings. The summed E-state index contributed by atoms with van der Waals surface area (Å²) < 4.78 is 20.2. The van der Waals surface area contributed by atoms with Gasteiger partial charge in [-0.05, 0) is 58.5 Å². The van der Waals surface area contributed by atoms with Crippen molar-refractivity contribution < 1.29 is 19.0 Å². The molecule has 1 fully saturated rings. The molecule has 136 valence electrons. The lowest BCUT2D eigenvalue weighted by molar-refractivity contribution is 0.0954. The zero-order valence-corrected chi connectivity index (χ0v) is 15.9. The predicted molar refractivity (Wildman–Crippen MR) is 105 cm³/mol. The quantitative estimate of drug-likeness (QED) is 0.411. The summed E-state index contributed by atoms with van der Waals surface area (Å²) in [6.45, 7) is 2.48. The zero-order chi connectivity index (χ0) is 18.5. The van der Waals surface area contributed by atoms with E-state index in [-0.39, 0.29) is 17.1 Å². The van der Waals surface area contributed by atoms with E-state index >= 15 is 0 Å². The Morgan fingerprint density at radius 3 is 2.73 bits per heavy atom. The molecular formula is C18H17FIN3O3. The van der Waals surface area contributed by atoms with E-state index in [0.717, 1.165) is 0 Å². The molecule has 8 heteroatoms. The Hall–Kier alpha value is -2.20. The van der Waals surface area contributed by atoms with Crippen LogP contribution in [0.2, 0.25) is 0 Å². The molecule has 0 aromatic heterocycles. The maximum absolute atomic E-state index is 14.3. The van der Waals surface area contributed by atoms with Crippen LogP contribution in [0.15, 0.2) is 41.5 Å². The molecule has 26 heavy (non-hydrogen) atoms. The molecule has 0 aliphatic carbocycles. The van der Waals surface area contributed by atoms with Gasteiger partial charge >= 0.3 is 0 Å². The Morgan fingerprint density at radius 1 is 1.27 bits per heavy atom. The van der Waals surface area contributed by atoms with Crippen LogP contribution in [0.3, 0.4) is 0 Å². The highest BCUT2D eigenvalue weighted by atomic mass is 127. The van der Waals surface area contributed by atoms with Gasteiger partial charge in [0.25, 0.3) is 5.91 Å². The molecule has 1 aliphatic heterocycles. The average molecular weight is 469 g/mol. The van der Waals surface area contributed by atoms with Gasteiger partial charge < -0.3 is 14.7 Å². The lowest BCUT2D eigenvalue weighted by Crippen LogP contribution is -2.36. The topological polar surface area (TPSA) is 74.2 Å². The Morgan fingerprint density at radius 2 is 2.04 bits per heavy atom. The normalized spacial score (nSPS) is 14.6. The third-order valence-corrected chi connectivity index (χ3v) is 4.82. The van der Waals surface area contributed by atoms with Gasteiger partial charge in [-0.15, -0.1) is 0 Å². The Balaban J connectivity index is 1.63. The highest BCUT2D eigenvalue weighted by Crippen LogP contribution is 2.21. The standard InChI is InChI=1S/C18H17FIN3O3/c19-14-9-12(1-4-16(14)23-5-7-26-8-6-23)11-21-22-18(25)13-2-3-15(20)17(24)10-13/h1-4,9-11,24H,5-8H2,(H,22,25)/b21-11-. The number of carbonyl (C=O) groups excluding carboxylic acids is 1. The van der Waals surface area contributed by atoms with E-state index < -0.39 is 5.91 Å². The minimum Gasteiger partial charge on any atom is -0.507 e. The zero-order valence-electron chi connectivity index (χ0n) is 13.8. The van der Waals surface area contributed by atoms with Gasteiger partial charge in [0.1, 0.15) is 11.6 Å². The van der Waals surface area contributed by atoms with E-state index in [0.29, 0.717) is 41.1 Å². The average Bonchev–Trinajstić information content (AvgIpc) is 2.64. The number of aromatic hydroxyl groups is 1. The molecule has 2 aromatic carbocycles. The van der Waals surface area contributed by atoms with E-state index in [1.165, 1.54) is 18.3 Å². The van der Waals surface area contributed by atoms with Crippen molar-refractivity contribution in [1.29, 1.82) is 0 Å². The van der Waals surface area contributed by atoms with Crippen molar-refractivity contribution in [3.8, 4) is 5.75 Å². The lowest BCUT2D eigenvalue weighted by atomic mass is 10.2. The number of phenolic OH excluding ortho intramolecular Hbond substituents is 1. The van der Waals surface area contributed by atoms with Crippen LogP contribution in [0, 0.1) is 9.39 Å². The van der Waals surface area contributed by atoms with E-state index in [1.54, 1.807) is 24.3 Å². The fraction of sp³-hybridized carbons (Fsp3) is 0.222.